The molecule has 0 radical (unpaired) electrons. The highest BCUT2D eigenvalue weighted by Crippen LogP contribution is 2.62. The zero-order valence-corrected chi connectivity index (χ0v) is 11.6. The molecule has 0 amide bonds. The first-order valence-corrected chi connectivity index (χ1v) is 7.64. The van der Waals surface area contributed by atoms with Gasteiger partial charge in [-0.3, -0.25) is 4.79 Å². The molecule has 0 heterocycles. The van der Waals surface area contributed by atoms with Crippen molar-refractivity contribution in [3.05, 3.63) is 0 Å². The van der Waals surface area contributed by atoms with E-state index in [-0.39, 0.29) is 0 Å². The van der Waals surface area contributed by atoms with Gasteiger partial charge in [0, 0.05) is 4.75 Å². The first-order chi connectivity index (χ1) is 7.89. The number of carboxylic acid groups (broad SMARTS) is 1. The Morgan fingerprint density at radius 1 is 1.12 bits per heavy atom. The molecule has 4 aliphatic carbocycles. The molecule has 96 valence electrons. The van der Waals surface area contributed by atoms with E-state index in [2.05, 4.69) is 0 Å². The second-order valence-electron chi connectivity index (χ2n) is 7.02. The monoisotopic (exact) mass is 254 g/mol. The van der Waals surface area contributed by atoms with Gasteiger partial charge in [0.2, 0.25) is 0 Å². The molecule has 0 unspecified atom stereocenters. The lowest BCUT2D eigenvalue weighted by Crippen LogP contribution is -2.51. The molecule has 0 spiro atoms. The maximum atomic E-state index is 11.3. The van der Waals surface area contributed by atoms with Gasteiger partial charge in [0.05, 0.1) is 0 Å². The Labute approximate surface area is 108 Å². The molecule has 4 aliphatic rings. The fraction of sp³-hybridized carbons (Fsp3) is 0.929. The van der Waals surface area contributed by atoms with Crippen LogP contribution in [0, 0.1) is 17.8 Å². The highest BCUT2D eigenvalue weighted by molar-refractivity contribution is 8.02. The van der Waals surface area contributed by atoms with Crippen molar-refractivity contribution in [2.75, 3.05) is 0 Å². The lowest BCUT2D eigenvalue weighted by molar-refractivity contribution is -0.139. The molecule has 1 N–H and O–H groups in total. The van der Waals surface area contributed by atoms with Gasteiger partial charge in [-0.2, -0.15) is 0 Å². The van der Waals surface area contributed by atoms with Crippen molar-refractivity contribution in [2.24, 2.45) is 17.8 Å². The van der Waals surface area contributed by atoms with E-state index in [0.717, 1.165) is 17.8 Å². The fourth-order valence-electron chi connectivity index (χ4n) is 4.74. The minimum absolute atomic E-state index is 0.302. The zero-order valence-electron chi connectivity index (χ0n) is 10.7. The van der Waals surface area contributed by atoms with Crippen molar-refractivity contribution in [1.29, 1.82) is 0 Å². The summed E-state index contributed by atoms with van der Waals surface area (Å²) in [7, 11) is 0. The van der Waals surface area contributed by atoms with Crippen LogP contribution < -0.4 is 0 Å². The van der Waals surface area contributed by atoms with Crippen LogP contribution in [0.4, 0.5) is 0 Å². The molecule has 4 fully saturated rings. The van der Waals surface area contributed by atoms with Crippen LogP contribution in [0.3, 0.4) is 0 Å². The number of rotatable bonds is 3. The van der Waals surface area contributed by atoms with Gasteiger partial charge in [0.15, 0.2) is 0 Å². The molecule has 0 saturated heterocycles. The quantitative estimate of drug-likeness (QED) is 0.837. The SMILES string of the molecule is CC(C)(SC12CC3CC(CC(C3)C1)C2)C(=O)O. The maximum absolute atomic E-state index is 11.3. The molecule has 17 heavy (non-hydrogen) atoms. The van der Waals surface area contributed by atoms with Gasteiger partial charge in [-0.1, -0.05) is 0 Å². The number of hydrogen-bond acceptors (Lipinski definition) is 2. The Hall–Kier alpha value is -0.180. The summed E-state index contributed by atoms with van der Waals surface area (Å²) in [4.78, 5) is 11.3. The Kier molecular flexibility index (Phi) is 2.56. The number of carboxylic acids is 1. The van der Waals surface area contributed by atoms with Crippen LogP contribution in [0.2, 0.25) is 0 Å². The van der Waals surface area contributed by atoms with E-state index in [1.165, 1.54) is 38.5 Å². The van der Waals surface area contributed by atoms with E-state index in [9.17, 15) is 9.90 Å². The third-order valence-corrected chi connectivity index (χ3v) is 6.59. The van der Waals surface area contributed by atoms with Crippen LogP contribution in [0.15, 0.2) is 0 Å². The van der Waals surface area contributed by atoms with Gasteiger partial charge in [-0.25, -0.2) is 0 Å². The lowest BCUT2D eigenvalue weighted by atomic mass is 9.56. The third kappa shape index (κ3) is 2.00. The Morgan fingerprint density at radius 2 is 1.53 bits per heavy atom. The topological polar surface area (TPSA) is 37.3 Å². The van der Waals surface area contributed by atoms with Crippen LogP contribution in [-0.4, -0.2) is 20.6 Å². The number of carbonyl (C=O) groups is 1. The van der Waals surface area contributed by atoms with Crippen LogP contribution in [0.5, 0.6) is 0 Å². The minimum Gasteiger partial charge on any atom is -0.480 e. The first kappa shape index (κ1) is 11.9. The smallest absolute Gasteiger partial charge is 0.319 e. The van der Waals surface area contributed by atoms with E-state index in [0.29, 0.717) is 4.75 Å². The predicted molar refractivity (Wildman–Crippen MR) is 70.2 cm³/mol. The molecular formula is C14H22O2S. The highest BCUT2D eigenvalue weighted by Gasteiger charge is 2.53. The maximum Gasteiger partial charge on any atom is 0.319 e. The summed E-state index contributed by atoms with van der Waals surface area (Å²) >= 11 is 1.77. The van der Waals surface area contributed by atoms with Crippen molar-refractivity contribution in [2.45, 2.75) is 61.9 Å². The van der Waals surface area contributed by atoms with Gasteiger partial charge in [-0.05, 0) is 70.1 Å². The second kappa shape index (κ2) is 3.66. The summed E-state index contributed by atoms with van der Waals surface area (Å²) < 4.78 is -0.317. The van der Waals surface area contributed by atoms with Crippen molar-refractivity contribution in [3.63, 3.8) is 0 Å². The highest BCUT2D eigenvalue weighted by atomic mass is 32.2. The van der Waals surface area contributed by atoms with Crippen molar-refractivity contribution in [1.82, 2.24) is 0 Å². The molecular weight excluding hydrogens is 232 g/mol. The molecule has 0 aromatic rings. The third-order valence-electron chi connectivity index (χ3n) is 4.97. The summed E-state index contributed by atoms with van der Waals surface area (Å²) in [5, 5.41) is 9.32. The number of thioether (sulfide) groups is 1. The van der Waals surface area contributed by atoms with Crippen LogP contribution in [-0.2, 0) is 4.79 Å². The molecule has 0 aromatic heterocycles. The summed E-state index contributed by atoms with van der Waals surface area (Å²) in [6.45, 7) is 3.75. The summed E-state index contributed by atoms with van der Waals surface area (Å²) in [6, 6.07) is 0. The van der Waals surface area contributed by atoms with Crippen LogP contribution >= 0.6 is 11.8 Å². The van der Waals surface area contributed by atoms with Gasteiger partial charge in [-0.15, -0.1) is 11.8 Å². The second-order valence-corrected chi connectivity index (χ2v) is 9.11. The molecule has 0 atom stereocenters. The normalized spacial score (nSPS) is 44.0. The van der Waals surface area contributed by atoms with Crippen LogP contribution in [0.1, 0.15) is 52.4 Å². The molecule has 0 aliphatic heterocycles. The van der Waals surface area contributed by atoms with Gasteiger partial charge in [0.25, 0.3) is 0 Å². The summed E-state index contributed by atoms with van der Waals surface area (Å²) in [5.74, 6) is 2.05. The summed E-state index contributed by atoms with van der Waals surface area (Å²) in [5.41, 5.74) is 0. The van der Waals surface area contributed by atoms with E-state index >= 15 is 0 Å². The molecule has 4 saturated carbocycles. The standard InChI is InChI=1S/C14H22O2S/c1-13(2,12(15)16)17-14-6-9-3-10(7-14)5-11(4-9)8-14/h9-11H,3-8H2,1-2H3,(H,15,16). The Morgan fingerprint density at radius 3 is 1.88 bits per heavy atom. The van der Waals surface area contributed by atoms with Crippen molar-refractivity contribution < 1.29 is 9.90 Å². The molecule has 4 rings (SSSR count). The lowest BCUT2D eigenvalue weighted by Gasteiger charge is -2.57. The van der Waals surface area contributed by atoms with E-state index < -0.39 is 10.7 Å². The molecule has 4 bridgehead atoms. The zero-order chi connectivity index (χ0) is 12.3. The molecule has 3 heteroatoms. The van der Waals surface area contributed by atoms with E-state index in [4.69, 9.17) is 0 Å². The Bertz CT molecular complexity index is 313. The predicted octanol–water partition coefficient (Wildman–Crippen LogP) is 3.55. The minimum atomic E-state index is -0.654. The summed E-state index contributed by atoms with van der Waals surface area (Å²) in [6.07, 6.45) is 8.11. The van der Waals surface area contributed by atoms with E-state index in [1.54, 1.807) is 11.8 Å². The number of hydrogen-bond donors (Lipinski definition) is 1. The molecule has 2 nitrogen and oxygen atoms in total. The van der Waals surface area contributed by atoms with Gasteiger partial charge in [0.1, 0.15) is 4.75 Å². The number of aliphatic carboxylic acids is 1. The largest absolute Gasteiger partial charge is 0.480 e. The average molecular weight is 254 g/mol. The Balaban J connectivity index is 1.80. The van der Waals surface area contributed by atoms with Gasteiger partial charge < -0.3 is 5.11 Å². The van der Waals surface area contributed by atoms with Crippen molar-refractivity contribution >= 4 is 17.7 Å². The van der Waals surface area contributed by atoms with Crippen LogP contribution in [0.25, 0.3) is 0 Å². The van der Waals surface area contributed by atoms with Gasteiger partial charge >= 0.3 is 5.97 Å². The molecule has 0 aromatic carbocycles. The van der Waals surface area contributed by atoms with E-state index in [1.807, 2.05) is 13.8 Å². The average Bonchev–Trinajstić information content (AvgIpc) is 2.12. The fourth-order valence-corrected chi connectivity index (χ4v) is 6.87. The first-order valence-electron chi connectivity index (χ1n) is 6.82. The van der Waals surface area contributed by atoms with Crippen molar-refractivity contribution in [3.8, 4) is 0 Å².